The minimum Gasteiger partial charge on any atom is -0.192 e. The molecular formula is C15H12ClNS. The Hall–Kier alpha value is -1.43. The van der Waals surface area contributed by atoms with Crippen LogP contribution in [0.15, 0.2) is 47.4 Å². The predicted molar refractivity (Wildman–Crippen MR) is 76.9 cm³/mol. The molecule has 0 aliphatic carbocycles. The van der Waals surface area contributed by atoms with Crippen LogP contribution in [0.25, 0.3) is 0 Å². The second-order valence-corrected chi connectivity index (χ2v) is 5.40. The Morgan fingerprint density at radius 2 is 2.00 bits per heavy atom. The van der Waals surface area contributed by atoms with E-state index in [4.69, 9.17) is 16.9 Å². The molecule has 0 aliphatic heterocycles. The van der Waals surface area contributed by atoms with Crippen LogP contribution in [-0.4, -0.2) is 0 Å². The van der Waals surface area contributed by atoms with E-state index in [1.54, 1.807) is 23.9 Å². The van der Waals surface area contributed by atoms with Gasteiger partial charge in [-0.2, -0.15) is 5.26 Å². The summed E-state index contributed by atoms with van der Waals surface area (Å²) in [6.07, 6.45) is 0. The number of nitrogens with zero attached hydrogens (tertiary/aromatic N) is 1. The first-order chi connectivity index (χ1) is 8.70. The fraction of sp³-hybridized carbons (Fsp3) is 0.133. The van der Waals surface area contributed by atoms with Crippen molar-refractivity contribution >= 4 is 23.4 Å². The standard InChI is InChI=1S/C15H12ClNS/c1-11-4-2-3-5-15(11)18-10-13-7-6-12(9-17)8-14(13)16/h2-8H,10H2,1H3. The van der Waals surface area contributed by atoms with Crippen LogP contribution in [0.5, 0.6) is 0 Å². The lowest BCUT2D eigenvalue weighted by atomic mass is 10.2. The summed E-state index contributed by atoms with van der Waals surface area (Å²) in [5, 5.41) is 9.45. The molecule has 0 N–H and O–H groups in total. The van der Waals surface area contributed by atoms with Crippen molar-refractivity contribution in [1.82, 2.24) is 0 Å². The van der Waals surface area contributed by atoms with Gasteiger partial charge in [-0.3, -0.25) is 0 Å². The van der Waals surface area contributed by atoms with Crippen LogP contribution in [0.4, 0.5) is 0 Å². The number of hydrogen-bond acceptors (Lipinski definition) is 2. The highest BCUT2D eigenvalue weighted by Gasteiger charge is 2.04. The maximum atomic E-state index is 8.78. The number of rotatable bonds is 3. The number of aryl methyl sites for hydroxylation is 1. The normalized spacial score (nSPS) is 10.1. The number of thioether (sulfide) groups is 1. The van der Waals surface area contributed by atoms with Gasteiger partial charge in [0, 0.05) is 15.7 Å². The van der Waals surface area contributed by atoms with Crippen molar-refractivity contribution in [3.8, 4) is 6.07 Å². The predicted octanol–water partition coefficient (Wildman–Crippen LogP) is 4.81. The maximum absolute atomic E-state index is 8.78. The van der Waals surface area contributed by atoms with Crippen molar-refractivity contribution in [1.29, 1.82) is 5.26 Å². The van der Waals surface area contributed by atoms with Gasteiger partial charge in [0.2, 0.25) is 0 Å². The molecule has 2 aromatic carbocycles. The van der Waals surface area contributed by atoms with E-state index >= 15 is 0 Å². The average molecular weight is 274 g/mol. The molecule has 0 spiro atoms. The van der Waals surface area contributed by atoms with E-state index in [0.717, 1.165) is 11.3 Å². The van der Waals surface area contributed by atoms with Crippen LogP contribution in [0.3, 0.4) is 0 Å². The monoisotopic (exact) mass is 273 g/mol. The maximum Gasteiger partial charge on any atom is 0.0992 e. The van der Waals surface area contributed by atoms with Crippen molar-refractivity contribution in [3.05, 3.63) is 64.2 Å². The van der Waals surface area contributed by atoms with Crippen LogP contribution in [0, 0.1) is 18.3 Å². The van der Waals surface area contributed by atoms with Crippen molar-refractivity contribution in [3.63, 3.8) is 0 Å². The first kappa shape index (κ1) is 13.0. The zero-order valence-electron chi connectivity index (χ0n) is 9.98. The molecule has 90 valence electrons. The lowest BCUT2D eigenvalue weighted by Gasteiger charge is -2.07. The molecule has 0 aromatic heterocycles. The van der Waals surface area contributed by atoms with Crippen molar-refractivity contribution < 1.29 is 0 Å². The summed E-state index contributed by atoms with van der Waals surface area (Å²) in [4.78, 5) is 1.26. The summed E-state index contributed by atoms with van der Waals surface area (Å²) >= 11 is 7.91. The summed E-state index contributed by atoms with van der Waals surface area (Å²) in [6, 6.07) is 15.8. The van der Waals surface area contributed by atoms with E-state index in [-0.39, 0.29) is 0 Å². The first-order valence-corrected chi connectivity index (χ1v) is 6.94. The molecule has 18 heavy (non-hydrogen) atoms. The van der Waals surface area contributed by atoms with E-state index in [9.17, 15) is 0 Å². The van der Waals surface area contributed by atoms with E-state index in [1.165, 1.54) is 10.5 Å². The molecule has 3 heteroatoms. The zero-order valence-corrected chi connectivity index (χ0v) is 11.6. The zero-order chi connectivity index (χ0) is 13.0. The fourth-order valence-electron chi connectivity index (χ4n) is 1.61. The number of benzene rings is 2. The molecular weight excluding hydrogens is 262 g/mol. The van der Waals surface area contributed by atoms with Crippen LogP contribution < -0.4 is 0 Å². The van der Waals surface area contributed by atoms with Gasteiger partial charge >= 0.3 is 0 Å². The van der Waals surface area contributed by atoms with Gasteiger partial charge in [0.1, 0.15) is 0 Å². The second-order valence-electron chi connectivity index (χ2n) is 3.97. The number of halogens is 1. The van der Waals surface area contributed by atoms with Gasteiger partial charge in [-0.1, -0.05) is 35.9 Å². The van der Waals surface area contributed by atoms with E-state index in [2.05, 4.69) is 25.1 Å². The van der Waals surface area contributed by atoms with Gasteiger partial charge < -0.3 is 0 Å². The molecule has 0 unspecified atom stereocenters. The molecule has 0 heterocycles. The fourth-order valence-corrected chi connectivity index (χ4v) is 2.97. The lowest BCUT2D eigenvalue weighted by molar-refractivity contribution is 1.29. The average Bonchev–Trinajstić information content (AvgIpc) is 2.39. The van der Waals surface area contributed by atoms with E-state index < -0.39 is 0 Å². The SMILES string of the molecule is Cc1ccccc1SCc1ccc(C#N)cc1Cl. The van der Waals surface area contributed by atoms with Crippen molar-refractivity contribution in [2.75, 3.05) is 0 Å². The third-order valence-corrected chi connectivity index (χ3v) is 4.24. The topological polar surface area (TPSA) is 23.8 Å². The summed E-state index contributed by atoms with van der Waals surface area (Å²) in [5.74, 6) is 0.815. The minimum absolute atomic E-state index is 0.602. The Balaban J connectivity index is 2.12. The third kappa shape index (κ3) is 3.07. The summed E-state index contributed by atoms with van der Waals surface area (Å²) < 4.78 is 0. The molecule has 0 amide bonds. The van der Waals surface area contributed by atoms with E-state index in [1.807, 2.05) is 18.2 Å². The Morgan fingerprint density at radius 1 is 1.22 bits per heavy atom. The third-order valence-electron chi connectivity index (χ3n) is 2.66. The van der Waals surface area contributed by atoms with Gasteiger partial charge in [-0.05, 0) is 36.2 Å². The molecule has 1 nitrogen and oxygen atoms in total. The van der Waals surface area contributed by atoms with Gasteiger partial charge in [0.15, 0.2) is 0 Å². The summed E-state index contributed by atoms with van der Waals surface area (Å²) in [7, 11) is 0. The van der Waals surface area contributed by atoms with Crippen molar-refractivity contribution in [2.24, 2.45) is 0 Å². The van der Waals surface area contributed by atoms with Gasteiger partial charge in [-0.15, -0.1) is 11.8 Å². The molecule has 0 saturated heterocycles. The molecule has 0 radical (unpaired) electrons. The highest BCUT2D eigenvalue weighted by molar-refractivity contribution is 7.98. The first-order valence-electron chi connectivity index (χ1n) is 5.57. The minimum atomic E-state index is 0.602. The molecule has 0 atom stereocenters. The Morgan fingerprint density at radius 3 is 2.67 bits per heavy atom. The highest BCUT2D eigenvalue weighted by atomic mass is 35.5. The number of nitriles is 1. The van der Waals surface area contributed by atoms with Gasteiger partial charge in [0.05, 0.1) is 11.6 Å². The second kappa shape index (κ2) is 5.95. The van der Waals surface area contributed by atoms with Crippen LogP contribution in [0.1, 0.15) is 16.7 Å². The van der Waals surface area contributed by atoms with E-state index in [0.29, 0.717) is 10.6 Å². The molecule has 2 rings (SSSR count). The van der Waals surface area contributed by atoms with Gasteiger partial charge in [0.25, 0.3) is 0 Å². The largest absolute Gasteiger partial charge is 0.192 e. The van der Waals surface area contributed by atoms with Crippen LogP contribution in [-0.2, 0) is 5.75 Å². The molecule has 2 aromatic rings. The lowest BCUT2D eigenvalue weighted by Crippen LogP contribution is -1.86. The Bertz CT molecular complexity index is 602. The highest BCUT2D eigenvalue weighted by Crippen LogP contribution is 2.29. The number of hydrogen-bond donors (Lipinski definition) is 0. The van der Waals surface area contributed by atoms with Crippen molar-refractivity contribution in [2.45, 2.75) is 17.6 Å². The molecule has 0 fully saturated rings. The summed E-state index contributed by atoms with van der Waals surface area (Å²) in [5.41, 5.74) is 2.93. The van der Waals surface area contributed by atoms with Gasteiger partial charge in [-0.25, -0.2) is 0 Å². The molecule has 0 saturated carbocycles. The van der Waals surface area contributed by atoms with Crippen LogP contribution in [0.2, 0.25) is 5.02 Å². The molecule has 0 bridgehead atoms. The summed E-state index contributed by atoms with van der Waals surface area (Å²) in [6.45, 7) is 2.10. The smallest absolute Gasteiger partial charge is 0.0992 e. The Labute approximate surface area is 116 Å². The van der Waals surface area contributed by atoms with Crippen LogP contribution >= 0.6 is 23.4 Å². The molecule has 0 aliphatic rings. The Kier molecular flexibility index (Phi) is 4.30. The quantitative estimate of drug-likeness (QED) is 0.749.